The standard InChI is InChI=1S/C9H19NO2/c1-4-5-6-8(2)10-9(11)7-12-3/h8H,4-7H2,1-3H3,(H,10,11)/t8-/m1/s1. The zero-order valence-corrected chi connectivity index (χ0v) is 8.22. The number of hydrogen-bond donors (Lipinski definition) is 1. The minimum atomic E-state index is -0.0268. The monoisotopic (exact) mass is 173 g/mol. The van der Waals surface area contributed by atoms with Gasteiger partial charge in [-0.25, -0.2) is 0 Å². The first kappa shape index (κ1) is 11.4. The number of methoxy groups -OCH3 is 1. The van der Waals surface area contributed by atoms with Gasteiger partial charge in [0.25, 0.3) is 0 Å². The number of hydrogen-bond acceptors (Lipinski definition) is 2. The van der Waals surface area contributed by atoms with Crippen molar-refractivity contribution in [1.82, 2.24) is 5.32 Å². The largest absolute Gasteiger partial charge is 0.375 e. The highest BCUT2D eigenvalue weighted by Crippen LogP contribution is 1.98. The van der Waals surface area contributed by atoms with Crippen molar-refractivity contribution >= 4 is 5.91 Å². The summed E-state index contributed by atoms with van der Waals surface area (Å²) in [5.74, 6) is -0.0268. The Morgan fingerprint density at radius 2 is 2.25 bits per heavy atom. The van der Waals surface area contributed by atoms with E-state index in [1.807, 2.05) is 6.92 Å². The normalized spacial score (nSPS) is 12.6. The maximum atomic E-state index is 11.0. The Labute approximate surface area is 74.5 Å². The van der Waals surface area contributed by atoms with Crippen LogP contribution in [0.25, 0.3) is 0 Å². The van der Waals surface area contributed by atoms with Crippen LogP contribution < -0.4 is 5.32 Å². The quantitative estimate of drug-likeness (QED) is 0.658. The number of rotatable bonds is 6. The molecule has 0 heterocycles. The minimum Gasteiger partial charge on any atom is -0.375 e. The maximum absolute atomic E-state index is 11.0. The minimum absolute atomic E-state index is 0.0268. The van der Waals surface area contributed by atoms with Crippen LogP contribution in [0.15, 0.2) is 0 Å². The lowest BCUT2D eigenvalue weighted by molar-refractivity contribution is -0.125. The van der Waals surface area contributed by atoms with Gasteiger partial charge in [-0.15, -0.1) is 0 Å². The molecule has 0 aromatic carbocycles. The van der Waals surface area contributed by atoms with Gasteiger partial charge in [0, 0.05) is 13.2 Å². The molecule has 12 heavy (non-hydrogen) atoms. The van der Waals surface area contributed by atoms with E-state index in [1.165, 1.54) is 13.5 Å². The molecular formula is C9H19NO2. The van der Waals surface area contributed by atoms with Gasteiger partial charge in [0.1, 0.15) is 6.61 Å². The predicted molar refractivity (Wildman–Crippen MR) is 49.0 cm³/mol. The summed E-state index contributed by atoms with van der Waals surface area (Å²) < 4.78 is 4.70. The highest BCUT2D eigenvalue weighted by molar-refractivity contribution is 5.77. The molecule has 72 valence electrons. The van der Waals surface area contributed by atoms with Gasteiger partial charge >= 0.3 is 0 Å². The van der Waals surface area contributed by atoms with Crippen LogP contribution in [-0.4, -0.2) is 25.7 Å². The molecule has 0 aliphatic heterocycles. The van der Waals surface area contributed by atoms with Crippen molar-refractivity contribution in [2.24, 2.45) is 0 Å². The van der Waals surface area contributed by atoms with Gasteiger partial charge in [0.05, 0.1) is 0 Å². The van der Waals surface area contributed by atoms with Crippen molar-refractivity contribution < 1.29 is 9.53 Å². The second-order valence-electron chi connectivity index (χ2n) is 3.04. The number of carbonyl (C=O) groups excluding carboxylic acids is 1. The molecule has 0 aliphatic rings. The molecule has 0 radical (unpaired) electrons. The SMILES string of the molecule is CCCC[C@@H](C)NC(=O)COC. The van der Waals surface area contributed by atoms with E-state index in [0.29, 0.717) is 0 Å². The van der Waals surface area contributed by atoms with E-state index < -0.39 is 0 Å². The van der Waals surface area contributed by atoms with E-state index >= 15 is 0 Å². The van der Waals surface area contributed by atoms with Crippen molar-refractivity contribution in [1.29, 1.82) is 0 Å². The van der Waals surface area contributed by atoms with E-state index in [0.717, 1.165) is 12.8 Å². The van der Waals surface area contributed by atoms with E-state index in [4.69, 9.17) is 4.74 Å². The second kappa shape index (κ2) is 7.10. The molecule has 0 aromatic heterocycles. The zero-order valence-electron chi connectivity index (χ0n) is 8.22. The molecule has 0 spiro atoms. The van der Waals surface area contributed by atoms with Crippen LogP contribution in [0.5, 0.6) is 0 Å². The first-order valence-electron chi connectivity index (χ1n) is 4.49. The highest BCUT2D eigenvalue weighted by atomic mass is 16.5. The first-order valence-corrected chi connectivity index (χ1v) is 4.49. The molecule has 0 bridgehead atoms. The van der Waals surface area contributed by atoms with Crippen molar-refractivity contribution in [2.75, 3.05) is 13.7 Å². The molecule has 0 aromatic rings. The molecule has 1 atom stereocenters. The topological polar surface area (TPSA) is 38.3 Å². The smallest absolute Gasteiger partial charge is 0.246 e. The molecule has 3 nitrogen and oxygen atoms in total. The van der Waals surface area contributed by atoms with Crippen LogP contribution in [0.4, 0.5) is 0 Å². The molecular weight excluding hydrogens is 154 g/mol. The van der Waals surface area contributed by atoms with Gasteiger partial charge in [0.2, 0.25) is 5.91 Å². The first-order chi connectivity index (χ1) is 5.70. The molecule has 0 fully saturated rings. The lowest BCUT2D eigenvalue weighted by Gasteiger charge is -2.12. The van der Waals surface area contributed by atoms with E-state index in [1.54, 1.807) is 0 Å². The second-order valence-corrected chi connectivity index (χ2v) is 3.04. The summed E-state index contributed by atoms with van der Waals surface area (Å²) in [6, 6.07) is 0.271. The Kier molecular flexibility index (Phi) is 6.76. The Morgan fingerprint density at radius 3 is 2.75 bits per heavy atom. The summed E-state index contributed by atoms with van der Waals surface area (Å²) in [6.07, 6.45) is 3.38. The third-order valence-corrected chi connectivity index (χ3v) is 1.67. The molecule has 1 amide bonds. The lowest BCUT2D eigenvalue weighted by Crippen LogP contribution is -2.34. The van der Waals surface area contributed by atoms with Crippen molar-refractivity contribution in [3.8, 4) is 0 Å². The number of unbranched alkanes of at least 4 members (excludes halogenated alkanes) is 1. The van der Waals surface area contributed by atoms with E-state index in [2.05, 4.69) is 12.2 Å². The fraction of sp³-hybridized carbons (Fsp3) is 0.889. The molecule has 1 N–H and O–H groups in total. The zero-order chi connectivity index (χ0) is 9.40. The van der Waals surface area contributed by atoms with Crippen LogP contribution in [0.1, 0.15) is 33.1 Å². The van der Waals surface area contributed by atoms with Crippen LogP contribution in [-0.2, 0) is 9.53 Å². The predicted octanol–water partition coefficient (Wildman–Crippen LogP) is 1.33. The molecule has 0 unspecified atom stereocenters. The molecule has 0 rings (SSSR count). The maximum Gasteiger partial charge on any atom is 0.246 e. The third kappa shape index (κ3) is 6.16. The van der Waals surface area contributed by atoms with Gasteiger partial charge in [-0.1, -0.05) is 19.8 Å². The Bertz CT molecular complexity index is 126. The summed E-state index contributed by atoms with van der Waals surface area (Å²) in [4.78, 5) is 11.0. The summed E-state index contributed by atoms with van der Waals surface area (Å²) in [5, 5.41) is 2.85. The van der Waals surface area contributed by atoms with Crippen LogP contribution >= 0.6 is 0 Å². The molecule has 0 aliphatic carbocycles. The Hall–Kier alpha value is -0.570. The van der Waals surface area contributed by atoms with E-state index in [-0.39, 0.29) is 18.6 Å². The lowest BCUT2D eigenvalue weighted by atomic mass is 10.1. The Balaban J connectivity index is 3.40. The fourth-order valence-electron chi connectivity index (χ4n) is 1.03. The van der Waals surface area contributed by atoms with Crippen LogP contribution in [0.2, 0.25) is 0 Å². The Morgan fingerprint density at radius 1 is 1.58 bits per heavy atom. The van der Waals surface area contributed by atoms with Gasteiger partial charge in [-0.05, 0) is 13.3 Å². The number of ether oxygens (including phenoxy) is 1. The van der Waals surface area contributed by atoms with Crippen LogP contribution in [0.3, 0.4) is 0 Å². The average Bonchev–Trinajstić information content (AvgIpc) is 2.01. The molecule has 0 saturated carbocycles. The van der Waals surface area contributed by atoms with Crippen molar-refractivity contribution in [3.05, 3.63) is 0 Å². The summed E-state index contributed by atoms with van der Waals surface area (Å²) in [6.45, 7) is 4.32. The van der Waals surface area contributed by atoms with Crippen molar-refractivity contribution in [3.63, 3.8) is 0 Å². The third-order valence-electron chi connectivity index (χ3n) is 1.67. The van der Waals surface area contributed by atoms with Crippen molar-refractivity contribution in [2.45, 2.75) is 39.2 Å². The summed E-state index contributed by atoms with van der Waals surface area (Å²) >= 11 is 0. The van der Waals surface area contributed by atoms with Gasteiger partial charge in [-0.3, -0.25) is 4.79 Å². The molecule has 0 saturated heterocycles. The number of nitrogens with one attached hydrogen (secondary N) is 1. The van der Waals surface area contributed by atoms with Gasteiger partial charge in [0.15, 0.2) is 0 Å². The van der Waals surface area contributed by atoms with E-state index in [9.17, 15) is 4.79 Å². The number of carbonyl (C=O) groups is 1. The van der Waals surface area contributed by atoms with Gasteiger partial charge < -0.3 is 10.1 Å². The van der Waals surface area contributed by atoms with Gasteiger partial charge in [-0.2, -0.15) is 0 Å². The van der Waals surface area contributed by atoms with Crippen LogP contribution in [0, 0.1) is 0 Å². The fourth-order valence-corrected chi connectivity index (χ4v) is 1.03. The summed E-state index contributed by atoms with van der Waals surface area (Å²) in [5.41, 5.74) is 0. The highest BCUT2D eigenvalue weighted by Gasteiger charge is 2.05. The number of amides is 1. The average molecular weight is 173 g/mol. The molecule has 3 heteroatoms. The summed E-state index contributed by atoms with van der Waals surface area (Å²) in [7, 11) is 1.52.